The molecule has 0 aromatic heterocycles. The van der Waals surface area contributed by atoms with Gasteiger partial charge < -0.3 is 5.32 Å². The van der Waals surface area contributed by atoms with Crippen LogP contribution in [-0.2, 0) is 4.79 Å². The summed E-state index contributed by atoms with van der Waals surface area (Å²) in [4.78, 5) is 20.5. The van der Waals surface area contributed by atoms with Crippen LogP contribution in [0.25, 0.3) is 0 Å². The Bertz CT molecular complexity index is 648. The predicted molar refractivity (Wildman–Crippen MR) is 62.7 cm³/mol. The highest BCUT2D eigenvalue weighted by molar-refractivity contribution is 6.33. The number of hydrogen-bond donors (Lipinski definition) is 1. The average Bonchev–Trinajstić information content (AvgIpc) is 2.39. The van der Waals surface area contributed by atoms with Gasteiger partial charge in [-0.15, -0.1) is 0 Å². The van der Waals surface area contributed by atoms with Gasteiger partial charge in [0.2, 0.25) is 0 Å². The normalized spacial score (nSPS) is 12.9. The van der Waals surface area contributed by atoms with Crippen molar-refractivity contribution in [1.29, 1.82) is 0 Å². The third-order valence-electron chi connectivity index (χ3n) is 2.44. The molecule has 1 rings (SSSR count). The Hall–Kier alpha value is -2.11. The molecule has 13 heteroatoms. The van der Waals surface area contributed by atoms with Gasteiger partial charge in [-0.1, -0.05) is 11.6 Å². The summed E-state index contributed by atoms with van der Waals surface area (Å²) in [5.41, 5.74) is -1.70. The number of non-ortho nitro benzene ring substituents is 1. The molecule has 1 N–H and O–H groups in total. The number of halogens is 8. The number of amides is 1. The lowest BCUT2D eigenvalue weighted by atomic mass is 10.1. The van der Waals surface area contributed by atoms with E-state index in [1.165, 1.54) is 0 Å². The maximum absolute atomic E-state index is 13.1. The first kappa shape index (κ1) is 18.9. The monoisotopic (exact) mass is 368 g/mol. The molecule has 1 aromatic rings. The third kappa shape index (κ3) is 3.46. The van der Waals surface area contributed by atoms with E-state index in [1.807, 2.05) is 0 Å². The Labute approximate surface area is 127 Å². The molecule has 0 bridgehead atoms. The summed E-state index contributed by atoms with van der Waals surface area (Å²) in [5.74, 6) is -15.8. The molecule has 0 atom stereocenters. The third-order valence-corrected chi connectivity index (χ3v) is 2.77. The molecule has 0 aliphatic rings. The molecule has 5 nitrogen and oxygen atoms in total. The van der Waals surface area contributed by atoms with E-state index in [2.05, 4.69) is 0 Å². The zero-order valence-corrected chi connectivity index (χ0v) is 11.2. The number of nitrogens with zero attached hydrogens (tertiary/aromatic N) is 1. The lowest BCUT2D eigenvalue weighted by Gasteiger charge is -2.27. The van der Waals surface area contributed by atoms with Crippen molar-refractivity contribution < 1.29 is 40.5 Å². The van der Waals surface area contributed by atoms with Crippen LogP contribution in [0.15, 0.2) is 18.2 Å². The molecular weight excluding hydrogens is 365 g/mol. The minimum absolute atomic E-state index is 0.419. The first-order valence-electron chi connectivity index (χ1n) is 5.29. The van der Waals surface area contributed by atoms with Gasteiger partial charge >= 0.3 is 23.9 Å². The molecular formula is C10H4ClF7N2O3. The summed E-state index contributed by atoms with van der Waals surface area (Å²) in [6, 6.07) is 1.97. The smallest absolute Gasteiger partial charge is 0.319 e. The number of hydrogen-bond acceptors (Lipinski definition) is 3. The van der Waals surface area contributed by atoms with Crippen molar-refractivity contribution >= 4 is 28.9 Å². The highest BCUT2D eigenvalue weighted by Gasteiger charge is 2.76. The first-order chi connectivity index (χ1) is 10.2. The Balaban J connectivity index is 3.17. The zero-order valence-electron chi connectivity index (χ0n) is 10.4. The van der Waals surface area contributed by atoms with Crippen LogP contribution in [0.1, 0.15) is 0 Å². The van der Waals surface area contributed by atoms with Gasteiger partial charge in [-0.2, -0.15) is 30.7 Å². The zero-order chi connectivity index (χ0) is 18.2. The Morgan fingerprint density at radius 1 is 1.13 bits per heavy atom. The molecule has 0 saturated heterocycles. The van der Waals surface area contributed by atoms with E-state index in [9.17, 15) is 45.6 Å². The summed E-state index contributed by atoms with van der Waals surface area (Å²) in [5, 5.41) is 10.9. The van der Waals surface area contributed by atoms with E-state index < -0.39 is 45.2 Å². The van der Waals surface area contributed by atoms with Crippen LogP contribution in [0.4, 0.5) is 42.1 Å². The Morgan fingerprint density at radius 3 is 2.09 bits per heavy atom. The van der Waals surface area contributed by atoms with Gasteiger partial charge in [0.15, 0.2) is 0 Å². The summed E-state index contributed by atoms with van der Waals surface area (Å²) < 4.78 is 87.5. The number of nitro groups is 1. The summed E-state index contributed by atoms with van der Waals surface area (Å²) in [6.45, 7) is 0. The molecule has 0 radical (unpaired) electrons. The van der Waals surface area contributed by atoms with E-state index in [0.29, 0.717) is 6.07 Å². The van der Waals surface area contributed by atoms with Gasteiger partial charge in [0, 0.05) is 12.1 Å². The Kier molecular flexibility index (Phi) is 4.80. The Morgan fingerprint density at radius 2 is 1.65 bits per heavy atom. The van der Waals surface area contributed by atoms with Gasteiger partial charge in [-0.3, -0.25) is 14.9 Å². The summed E-state index contributed by atoms with van der Waals surface area (Å²) >= 11 is 5.41. The molecule has 0 unspecified atom stereocenters. The number of carbonyl (C=O) groups excluding carboxylic acids is 1. The highest BCUT2D eigenvalue weighted by Crippen LogP contribution is 2.47. The fourth-order valence-electron chi connectivity index (χ4n) is 1.24. The van der Waals surface area contributed by atoms with E-state index >= 15 is 0 Å². The molecule has 0 saturated carbocycles. The molecule has 23 heavy (non-hydrogen) atoms. The van der Waals surface area contributed by atoms with Crippen LogP contribution in [0, 0.1) is 10.1 Å². The van der Waals surface area contributed by atoms with Crippen molar-refractivity contribution in [3.63, 3.8) is 0 Å². The highest BCUT2D eigenvalue weighted by atomic mass is 35.5. The second kappa shape index (κ2) is 5.83. The molecule has 0 fully saturated rings. The number of carbonyl (C=O) groups is 1. The second-order valence-electron chi connectivity index (χ2n) is 4.02. The fourth-order valence-corrected chi connectivity index (χ4v) is 1.41. The molecule has 0 aliphatic heterocycles. The molecule has 1 aromatic carbocycles. The number of alkyl halides is 7. The topological polar surface area (TPSA) is 72.2 Å². The van der Waals surface area contributed by atoms with Crippen LogP contribution in [0.2, 0.25) is 5.02 Å². The summed E-state index contributed by atoms with van der Waals surface area (Å²) in [7, 11) is 0. The van der Waals surface area contributed by atoms with Gasteiger partial charge in [0.25, 0.3) is 5.69 Å². The second-order valence-corrected chi connectivity index (χ2v) is 4.43. The van der Waals surface area contributed by atoms with E-state index in [0.717, 1.165) is 17.4 Å². The van der Waals surface area contributed by atoms with Gasteiger partial charge in [0.05, 0.1) is 15.6 Å². The average molecular weight is 369 g/mol. The van der Waals surface area contributed by atoms with Crippen molar-refractivity contribution in [3.05, 3.63) is 33.3 Å². The standard InChI is InChI=1S/C10H4ClF7N2O3/c11-5-2-1-4(20(22)23)3-6(5)19-7(21)8(12,13)9(14,15)10(16,17)18/h1-3H,(H,19,21). The van der Waals surface area contributed by atoms with E-state index in [4.69, 9.17) is 11.6 Å². The van der Waals surface area contributed by atoms with Crippen LogP contribution < -0.4 is 5.32 Å². The maximum atomic E-state index is 13.1. The van der Waals surface area contributed by atoms with Gasteiger partial charge in [-0.05, 0) is 6.07 Å². The fraction of sp³-hybridized carbons (Fsp3) is 0.300. The van der Waals surface area contributed by atoms with Crippen LogP contribution in [0.5, 0.6) is 0 Å². The molecule has 0 aliphatic carbocycles. The van der Waals surface area contributed by atoms with Crippen molar-refractivity contribution in [3.8, 4) is 0 Å². The largest absolute Gasteiger partial charge is 0.460 e. The summed E-state index contributed by atoms with van der Waals surface area (Å²) in [6.07, 6.45) is -6.69. The SMILES string of the molecule is O=C(Nc1cc([N+](=O)[O-])ccc1Cl)C(F)(F)C(F)(F)C(F)(F)F. The lowest BCUT2D eigenvalue weighted by Crippen LogP contribution is -2.57. The minimum Gasteiger partial charge on any atom is -0.319 e. The molecule has 0 spiro atoms. The first-order valence-corrected chi connectivity index (χ1v) is 5.67. The lowest BCUT2D eigenvalue weighted by molar-refractivity contribution is -0.384. The number of nitro benzene ring substituents is 1. The number of anilines is 1. The maximum Gasteiger partial charge on any atom is 0.460 e. The predicted octanol–water partition coefficient (Wildman–Crippen LogP) is 4.02. The van der Waals surface area contributed by atoms with Gasteiger partial charge in [0.1, 0.15) is 0 Å². The van der Waals surface area contributed by atoms with Crippen LogP contribution in [0.3, 0.4) is 0 Å². The van der Waals surface area contributed by atoms with Crippen molar-refractivity contribution in [2.45, 2.75) is 18.0 Å². The van der Waals surface area contributed by atoms with Gasteiger partial charge in [-0.25, -0.2) is 0 Å². The minimum atomic E-state index is -6.69. The number of nitrogens with one attached hydrogen (secondary N) is 1. The van der Waals surface area contributed by atoms with Crippen molar-refractivity contribution in [2.24, 2.45) is 0 Å². The van der Waals surface area contributed by atoms with E-state index in [1.54, 1.807) is 0 Å². The molecule has 1 amide bonds. The molecule has 0 heterocycles. The van der Waals surface area contributed by atoms with Crippen LogP contribution >= 0.6 is 11.6 Å². The van der Waals surface area contributed by atoms with Crippen molar-refractivity contribution in [2.75, 3.05) is 5.32 Å². The van der Waals surface area contributed by atoms with Crippen LogP contribution in [-0.4, -0.2) is 28.9 Å². The number of rotatable bonds is 4. The number of benzene rings is 1. The van der Waals surface area contributed by atoms with E-state index in [-0.39, 0.29) is 0 Å². The van der Waals surface area contributed by atoms with Crippen molar-refractivity contribution in [1.82, 2.24) is 0 Å². The molecule has 128 valence electrons. The quantitative estimate of drug-likeness (QED) is 0.495.